The van der Waals surface area contributed by atoms with Crippen molar-refractivity contribution in [1.29, 1.82) is 0 Å². The van der Waals surface area contributed by atoms with Crippen molar-refractivity contribution in [3.05, 3.63) is 24.3 Å². The van der Waals surface area contributed by atoms with E-state index in [4.69, 9.17) is 4.52 Å². The molecule has 2 rings (SSSR count). The average molecular weight is 316 g/mol. The minimum atomic E-state index is 0.415. The molecule has 1 heterocycles. The molecule has 0 unspecified atom stereocenters. The highest BCUT2D eigenvalue weighted by Crippen LogP contribution is 2.21. The van der Waals surface area contributed by atoms with Gasteiger partial charge in [-0.05, 0) is 12.1 Å². The summed E-state index contributed by atoms with van der Waals surface area (Å²) in [6.07, 6.45) is 0. The molecule has 0 bridgehead atoms. The molecular formula is C9H9IN4O. The smallest absolute Gasteiger partial charge is 0.321 e. The lowest BCUT2D eigenvalue weighted by atomic mass is 10.2. The molecule has 0 saturated heterocycles. The quantitative estimate of drug-likeness (QED) is 0.673. The van der Waals surface area contributed by atoms with Crippen molar-refractivity contribution in [1.82, 2.24) is 10.1 Å². The largest absolute Gasteiger partial charge is 0.341 e. The van der Waals surface area contributed by atoms with E-state index < -0.39 is 0 Å². The second kappa shape index (κ2) is 4.47. The van der Waals surface area contributed by atoms with Crippen molar-refractivity contribution in [2.45, 2.75) is 0 Å². The summed E-state index contributed by atoms with van der Waals surface area (Å²) >= 11 is 2.08. The van der Waals surface area contributed by atoms with Crippen LogP contribution >= 0.6 is 22.9 Å². The van der Waals surface area contributed by atoms with E-state index in [9.17, 15) is 0 Å². The number of halogens is 1. The second-order valence-electron chi connectivity index (χ2n) is 2.85. The van der Waals surface area contributed by atoms with E-state index in [1.54, 1.807) is 7.05 Å². The molecular weight excluding hydrogens is 307 g/mol. The van der Waals surface area contributed by atoms with Crippen LogP contribution in [0.25, 0.3) is 11.4 Å². The maximum atomic E-state index is 4.95. The zero-order valence-electron chi connectivity index (χ0n) is 7.99. The number of hydrogen-bond donors (Lipinski definition) is 2. The third kappa shape index (κ3) is 2.20. The van der Waals surface area contributed by atoms with Crippen LogP contribution in [-0.2, 0) is 0 Å². The van der Waals surface area contributed by atoms with Gasteiger partial charge in [-0.3, -0.25) is 0 Å². The van der Waals surface area contributed by atoms with Gasteiger partial charge in [0.05, 0.1) is 22.9 Å². The molecule has 15 heavy (non-hydrogen) atoms. The molecule has 0 aliphatic heterocycles. The first kappa shape index (κ1) is 10.2. The molecule has 5 nitrogen and oxygen atoms in total. The molecule has 78 valence electrons. The Balaban J connectivity index is 2.35. The van der Waals surface area contributed by atoms with Crippen LogP contribution in [0, 0.1) is 0 Å². The van der Waals surface area contributed by atoms with Crippen LogP contribution in [0.1, 0.15) is 0 Å². The van der Waals surface area contributed by atoms with E-state index in [1.165, 1.54) is 0 Å². The van der Waals surface area contributed by atoms with E-state index in [2.05, 4.69) is 41.9 Å². The highest BCUT2D eigenvalue weighted by Gasteiger charge is 2.06. The fraction of sp³-hybridized carbons (Fsp3) is 0.111. The van der Waals surface area contributed by atoms with Gasteiger partial charge in [-0.1, -0.05) is 17.3 Å². The van der Waals surface area contributed by atoms with Crippen molar-refractivity contribution in [3.8, 4) is 11.4 Å². The molecule has 2 aromatic rings. The summed E-state index contributed by atoms with van der Waals surface area (Å²) in [7, 11) is 1.74. The Hall–Kier alpha value is -1.31. The summed E-state index contributed by atoms with van der Waals surface area (Å²) in [5.74, 6) is 0.577. The van der Waals surface area contributed by atoms with Crippen LogP contribution in [0.3, 0.4) is 0 Å². The average Bonchev–Trinajstić information content (AvgIpc) is 2.78. The molecule has 1 aromatic carbocycles. The van der Waals surface area contributed by atoms with Crippen molar-refractivity contribution >= 4 is 34.6 Å². The molecule has 0 spiro atoms. The maximum Gasteiger partial charge on any atom is 0.321 e. The summed E-state index contributed by atoms with van der Waals surface area (Å²) < 4.78 is 7.97. The van der Waals surface area contributed by atoms with E-state index in [0.717, 1.165) is 11.3 Å². The molecule has 0 radical (unpaired) electrons. The Bertz CT molecular complexity index is 457. The van der Waals surface area contributed by atoms with Gasteiger partial charge in [-0.2, -0.15) is 4.98 Å². The summed E-state index contributed by atoms with van der Waals surface area (Å²) in [5.41, 5.74) is 1.92. The lowest BCUT2D eigenvalue weighted by Gasteiger charge is -1.98. The van der Waals surface area contributed by atoms with Crippen molar-refractivity contribution in [2.75, 3.05) is 15.9 Å². The van der Waals surface area contributed by atoms with E-state index in [-0.39, 0.29) is 0 Å². The Labute approximate surface area is 101 Å². The fourth-order valence-electron chi connectivity index (χ4n) is 1.16. The number of aromatic nitrogens is 2. The number of anilines is 2. The van der Waals surface area contributed by atoms with E-state index in [0.29, 0.717) is 11.8 Å². The summed E-state index contributed by atoms with van der Waals surface area (Å²) in [6, 6.07) is 8.21. The van der Waals surface area contributed by atoms with Crippen molar-refractivity contribution in [3.63, 3.8) is 0 Å². The highest BCUT2D eigenvalue weighted by atomic mass is 127. The first-order valence-electron chi connectivity index (χ1n) is 4.32. The standard InChI is InChI=1S/C9H9IN4O/c1-11-9-12-8(14-15-9)6-3-2-4-7(5-6)13-10/h2-5,13H,1H3,(H,11,12,14). The van der Waals surface area contributed by atoms with Crippen molar-refractivity contribution in [2.24, 2.45) is 0 Å². The van der Waals surface area contributed by atoms with Gasteiger partial charge in [-0.25, -0.2) is 0 Å². The lowest BCUT2D eigenvalue weighted by Crippen LogP contribution is -1.87. The fourth-order valence-corrected chi connectivity index (χ4v) is 1.49. The van der Waals surface area contributed by atoms with Crippen LogP contribution in [0.4, 0.5) is 11.7 Å². The molecule has 0 amide bonds. The van der Waals surface area contributed by atoms with E-state index in [1.807, 2.05) is 24.3 Å². The molecule has 0 atom stereocenters. The van der Waals surface area contributed by atoms with Gasteiger partial charge in [0.15, 0.2) is 0 Å². The van der Waals surface area contributed by atoms with Crippen LogP contribution < -0.4 is 8.85 Å². The topological polar surface area (TPSA) is 63.0 Å². The Morgan fingerprint density at radius 2 is 2.27 bits per heavy atom. The number of benzene rings is 1. The predicted molar refractivity (Wildman–Crippen MR) is 66.9 cm³/mol. The number of rotatable bonds is 3. The zero-order chi connectivity index (χ0) is 10.7. The summed E-state index contributed by atoms with van der Waals surface area (Å²) in [6.45, 7) is 0. The Kier molecular flexibility index (Phi) is 3.05. The maximum absolute atomic E-state index is 4.95. The van der Waals surface area contributed by atoms with Gasteiger partial charge in [-0.15, -0.1) is 0 Å². The molecule has 6 heteroatoms. The number of hydrogen-bond acceptors (Lipinski definition) is 5. The lowest BCUT2D eigenvalue weighted by molar-refractivity contribution is 0.434. The Morgan fingerprint density at radius 3 is 2.93 bits per heavy atom. The zero-order valence-corrected chi connectivity index (χ0v) is 10.1. The minimum absolute atomic E-state index is 0.415. The third-order valence-electron chi connectivity index (χ3n) is 1.87. The molecule has 0 aliphatic rings. The molecule has 0 saturated carbocycles. The SMILES string of the molecule is CNc1nc(-c2cccc(NI)c2)no1. The summed E-state index contributed by atoms with van der Waals surface area (Å²) in [5, 5.41) is 6.64. The minimum Gasteiger partial charge on any atom is -0.341 e. The monoisotopic (exact) mass is 316 g/mol. The third-order valence-corrected chi connectivity index (χ3v) is 2.49. The van der Waals surface area contributed by atoms with Gasteiger partial charge in [0.1, 0.15) is 0 Å². The normalized spacial score (nSPS) is 10.0. The van der Waals surface area contributed by atoms with Crippen molar-refractivity contribution < 1.29 is 4.52 Å². The first-order valence-corrected chi connectivity index (χ1v) is 5.40. The second-order valence-corrected chi connectivity index (χ2v) is 3.39. The molecule has 2 N–H and O–H groups in total. The molecule has 1 aromatic heterocycles. The van der Waals surface area contributed by atoms with Crippen LogP contribution in [-0.4, -0.2) is 17.2 Å². The van der Waals surface area contributed by atoms with Crippen LogP contribution in [0.2, 0.25) is 0 Å². The van der Waals surface area contributed by atoms with Crippen LogP contribution in [0.15, 0.2) is 28.8 Å². The number of nitrogens with one attached hydrogen (secondary N) is 2. The van der Waals surface area contributed by atoms with Gasteiger partial charge in [0, 0.05) is 18.3 Å². The van der Waals surface area contributed by atoms with E-state index >= 15 is 0 Å². The van der Waals surface area contributed by atoms with Gasteiger partial charge in [0.25, 0.3) is 0 Å². The number of nitrogens with zero attached hydrogens (tertiary/aromatic N) is 2. The Morgan fingerprint density at radius 1 is 1.40 bits per heavy atom. The predicted octanol–water partition coefficient (Wildman–Crippen LogP) is 2.54. The first-order chi connectivity index (χ1) is 7.33. The van der Waals surface area contributed by atoms with Crippen LogP contribution in [0.5, 0.6) is 0 Å². The van der Waals surface area contributed by atoms with Gasteiger partial charge >= 0.3 is 6.01 Å². The molecule has 0 aliphatic carbocycles. The summed E-state index contributed by atoms with van der Waals surface area (Å²) in [4.78, 5) is 4.16. The molecule has 0 fully saturated rings. The van der Waals surface area contributed by atoms with Gasteiger partial charge < -0.3 is 13.4 Å². The highest BCUT2D eigenvalue weighted by molar-refractivity contribution is 14.1. The van der Waals surface area contributed by atoms with Gasteiger partial charge in [0.2, 0.25) is 5.82 Å².